The Labute approximate surface area is 105 Å². The number of aliphatic hydroxyl groups is 2. The van der Waals surface area contributed by atoms with Gasteiger partial charge in [-0.25, -0.2) is 8.78 Å². The van der Waals surface area contributed by atoms with Crippen molar-refractivity contribution in [3.05, 3.63) is 35.4 Å². The van der Waals surface area contributed by atoms with Gasteiger partial charge in [0.1, 0.15) is 0 Å². The summed E-state index contributed by atoms with van der Waals surface area (Å²) in [4.78, 5) is 0. The molecular formula is C13H19F2NO2. The van der Waals surface area contributed by atoms with Crippen molar-refractivity contribution in [1.29, 1.82) is 0 Å². The molecule has 102 valence electrons. The van der Waals surface area contributed by atoms with Crippen LogP contribution in [0.3, 0.4) is 0 Å². The van der Waals surface area contributed by atoms with Crippen LogP contribution in [0.1, 0.15) is 31.4 Å². The van der Waals surface area contributed by atoms with E-state index in [1.807, 2.05) is 6.92 Å². The van der Waals surface area contributed by atoms with E-state index in [-0.39, 0.29) is 12.6 Å². The van der Waals surface area contributed by atoms with Crippen LogP contribution in [0.15, 0.2) is 18.2 Å². The number of aliphatic hydroxyl groups excluding tert-OH is 2. The monoisotopic (exact) mass is 259 g/mol. The molecule has 0 spiro atoms. The Bertz CT molecular complexity index is 374. The Morgan fingerprint density at radius 2 is 1.94 bits per heavy atom. The average Bonchev–Trinajstić information content (AvgIpc) is 2.37. The molecule has 0 aliphatic heterocycles. The minimum Gasteiger partial charge on any atom is -0.393 e. The molecule has 0 heterocycles. The van der Waals surface area contributed by atoms with Crippen molar-refractivity contribution in [1.82, 2.24) is 5.32 Å². The molecule has 1 aromatic carbocycles. The maximum atomic E-state index is 12.9. The molecule has 3 N–H and O–H groups in total. The lowest BCUT2D eigenvalue weighted by atomic mass is 10.1. The van der Waals surface area contributed by atoms with E-state index in [0.29, 0.717) is 24.9 Å². The van der Waals surface area contributed by atoms with Gasteiger partial charge in [0, 0.05) is 6.54 Å². The first kappa shape index (κ1) is 15.0. The Hall–Kier alpha value is -1.04. The van der Waals surface area contributed by atoms with Crippen molar-refractivity contribution in [2.24, 2.45) is 0 Å². The molecule has 2 atom stereocenters. The summed E-state index contributed by atoms with van der Waals surface area (Å²) in [5.41, 5.74) is 0.331. The van der Waals surface area contributed by atoms with Gasteiger partial charge in [0.05, 0.1) is 12.2 Å². The molecule has 0 saturated carbocycles. The molecule has 3 nitrogen and oxygen atoms in total. The van der Waals surface area contributed by atoms with E-state index in [4.69, 9.17) is 0 Å². The van der Waals surface area contributed by atoms with Gasteiger partial charge in [-0.05, 0) is 37.1 Å². The molecule has 0 aliphatic rings. The SMILES string of the molecule is CCC(O)CCNCC(O)c1ccc(F)c(F)c1. The third-order valence-electron chi connectivity index (χ3n) is 2.79. The first-order chi connectivity index (χ1) is 8.54. The predicted octanol–water partition coefficient (Wildman–Crippen LogP) is 1.75. The van der Waals surface area contributed by atoms with Gasteiger partial charge >= 0.3 is 0 Å². The second-order valence-corrected chi connectivity index (χ2v) is 4.24. The van der Waals surface area contributed by atoms with Crippen molar-refractivity contribution < 1.29 is 19.0 Å². The topological polar surface area (TPSA) is 52.5 Å². The zero-order valence-electron chi connectivity index (χ0n) is 10.4. The lowest BCUT2D eigenvalue weighted by Crippen LogP contribution is -2.25. The highest BCUT2D eigenvalue weighted by molar-refractivity contribution is 5.20. The summed E-state index contributed by atoms with van der Waals surface area (Å²) in [7, 11) is 0. The van der Waals surface area contributed by atoms with E-state index < -0.39 is 17.7 Å². The fraction of sp³-hybridized carbons (Fsp3) is 0.538. The van der Waals surface area contributed by atoms with Crippen LogP contribution in [-0.2, 0) is 0 Å². The van der Waals surface area contributed by atoms with Gasteiger partial charge in [-0.15, -0.1) is 0 Å². The number of hydrogen-bond donors (Lipinski definition) is 3. The van der Waals surface area contributed by atoms with Gasteiger partial charge in [0.25, 0.3) is 0 Å². The van der Waals surface area contributed by atoms with Crippen molar-refractivity contribution in [2.45, 2.75) is 32.0 Å². The summed E-state index contributed by atoms with van der Waals surface area (Å²) in [5.74, 6) is -1.89. The van der Waals surface area contributed by atoms with Gasteiger partial charge in [0.2, 0.25) is 0 Å². The number of halogens is 2. The standard InChI is InChI=1S/C13H19F2NO2/c1-2-10(17)5-6-16-8-13(18)9-3-4-11(14)12(15)7-9/h3-4,7,10,13,16-18H,2,5-6,8H2,1H3. The third kappa shape index (κ3) is 4.68. The largest absolute Gasteiger partial charge is 0.393 e. The highest BCUT2D eigenvalue weighted by Gasteiger charge is 2.10. The molecular weight excluding hydrogens is 240 g/mol. The number of benzene rings is 1. The molecule has 1 rings (SSSR count). The summed E-state index contributed by atoms with van der Waals surface area (Å²) in [6.45, 7) is 2.69. The van der Waals surface area contributed by atoms with E-state index in [1.165, 1.54) is 6.07 Å². The Morgan fingerprint density at radius 1 is 1.22 bits per heavy atom. The third-order valence-corrected chi connectivity index (χ3v) is 2.79. The highest BCUT2D eigenvalue weighted by atomic mass is 19.2. The molecule has 0 radical (unpaired) electrons. The first-order valence-corrected chi connectivity index (χ1v) is 6.06. The Morgan fingerprint density at radius 3 is 2.56 bits per heavy atom. The molecule has 0 amide bonds. The molecule has 0 aliphatic carbocycles. The van der Waals surface area contributed by atoms with Crippen molar-refractivity contribution >= 4 is 0 Å². The van der Waals surface area contributed by atoms with Crippen molar-refractivity contribution in [3.8, 4) is 0 Å². The average molecular weight is 259 g/mol. The second-order valence-electron chi connectivity index (χ2n) is 4.24. The van der Waals surface area contributed by atoms with Gasteiger partial charge in [0.15, 0.2) is 11.6 Å². The summed E-state index contributed by atoms with van der Waals surface area (Å²) in [5, 5.41) is 22.0. The highest BCUT2D eigenvalue weighted by Crippen LogP contribution is 2.15. The quantitative estimate of drug-likeness (QED) is 0.654. The van der Waals surface area contributed by atoms with E-state index in [2.05, 4.69) is 5.32 Å². The molecule has 2 unspecified atom stereocenters. The number of nitrogens with one attached hydrogen (secondary N) is 1. The fourth-order valence-corrected chi connectivity index (χ4v) is 1.55. The fourth-order valence-electron chi connectivity index (χ4n) is 1.55. The molecule has 0 saturated heterocycles. The lowest BCUT2D eigenvalue weighted by molar-refractivity contribution is 0.150. The molecule has 5 heteroatoms. The van der Waals surface area contributed by atoms with Crippen LogP contribution in [0.2, 0.25) is 0 Å². The second kappa shape index (κ2) is 7.41. The smallest absolute Gasteiger partial charge is 0.159 e. The first-order valence-electron chi connectivity index (χ1n) is 6.06. The molecule has 18 heavy (non-hydrogen) atoms. The Balaban J connectivity index is 2.36. The van der Waals surface area contributed by atoms with Crippen molar-refractivity contribution in [3.63, 3.8) is 0 Å². The van der Waals surface area contributed by atoms with Crippen molar-refractivity contribution in [2.75, 3.05) is 13.1 Å². The number of hydrogen-bond acceptors (Lipinski definition) is 3. The molecule has 0 aromatic heterocycles. The Kier molecular flexibility index (Phi) is 6.18. The zero-order chi connectivity index (χ0) is 13.5. The van der Waals surface area contributed by atoms with Gasteiger partial charge in [-0.2, -0.15) is 0 Å². The van der Waals surface area contributed by atoms with Crippen LogP contribution >= 0.6 is 0 Å². The summed E-state index contributed by atoms with van der Waals surface area (Å²) >= 11 is 0. The number of rotatable bonds is 7. The summed E-state index contributed by atoms with van der Waals surface area (Å²) < 4.78 is 25.6. The minimum atomic E-state index is -0.965. The van der Waals surface area contributed by atoms with Gasteiger partial charge < -0.3 is 15.5 Å². The van der Waals surface area contributed by atoms with E-state index in [9.17, 15) is 19.0 Å². The van der Waals surface area contributed by atoms with Crippen LogP contribution in [0, 0.1) is 11.6 Å². The van der Waals surface area contributed by atoms with Crippen LogP contribution in [0.4, 0.5) is 8.78 Å². The van der Waals surface area contributed by atoms with Gasteiger partial charge in [-0.1, -0.05) is 13.0 Å². The molecule has 1 aromatic rings. The molecule has 0 bridgehead atoms. The maximum Gasteiger partial charge on any atom is 0.159 e. The normalized spacial score (nSPS) is 14.5. The summed E-state index contributed by atoms with van der Waals surface area (Å²) in [6, 6.07) is 3.34. The zero-order valence-corrected chi connectivity index (χ0v) is 10.4. The van der Waals surface area contributed by atoms with Crippen LogP contribution in [0.25, 0.3) is 0 Å². The van der Waals surface area contributed by atoms with E-state index in [0.717, 1.165) is 12.1 Å². The lowest BCUT2D eigenvalue weighted by Gasteiger charge is -2.13. The van der Waals surface area contributed by atoms with Crippen LogP contribution < -0.4 is 5.32 Å². The van der Waals surface area contributed by atoms with Crippen LogP contribution in [0.5, 0.6) is 0 Å². The van der Waals surface area contributed by atoms with E-state index >= 15 is 0 Å². The van der Waals surface area contributed by atoms with E-state index in [1.54, 1.807) is 0 Å². The van der Waals surface area contributed by atoms with Gasteiger partial charge in [-0.3, -0.25) is 0 Å². The van der Waals surface area contributed by atoms with Crippen LogP contribution in [-0.4, -0.2) is 29.4 Å². The molecule has 0 fully saturated rings. The summed E-state index contributed by atoms with van der Waals surface area (Å²) in [6.07, 6.45) is 0.0470. The minimum absolute atomic E-state index is 0.238. The predicted molar refractivity (Wildman–Crippen MR) is 65.1 cm³/mol. The maximum absolute atomic E-state index is 12.9.